The molecule has 0 amide bonds. The summed E-state index contributed by atoms with van der Waals surface area (Å²) in [5.74, 6) is 0. The fourth-order valence-electron chi connectivity index (χ4n) is 1.42. The van der Waals surface area contributed by atoms with Gasteiger partial charge in [0.25, 0.3) is 0 Å². The molecule has 10 heteroatoms. The summed E-state index contributed by atoms with van der Waals surface area (Å²) < 4.78 is 61.5. The van der Waals surface area contributed by atoms with E-state index in [9.17, 15) is 21.6 Å². The molecule has 1 aromatic rings. The first-order valence-corrected chi connectivity index (χ1v) is 7.40. The van der Waals surface area contributed by atoms with Crippen LogP contribution >= 0.6 is 23.2 Å². The van der Waals surface area contributed by atoms with Crippen molar-refractivity contribution in [2.24, 2.45) is 0 Å². The predicted molar refractivity (Wildman–Crippen MR) is 68.4 cm³/mol. The topological polar surface area (TPSA) is 57.6 Å². The molecule has 1 N–H and O–H groups in total. The molecule has 0 heterocycles. The summed E-state index contributed by atoms with van der Waals surface area (Å²) in [4.78, 5) is -0.465. The molecule has 0 aliphatic rings. The zero-order valence-corrected chi connectivity index (χ0v) is 12.2. The molecule has 0 saturated heterocycles. The summed E-state index contributed by atoms with van der Waals surface area (Å²) in [5.41, 5.74) is 0. The molecule has 0 spiro atoms. The summed E-state index contributed by atoms with van der Waals surface area (Å²) in [7, 11) is -4.46. The highest BCUT2D eigenvalue weighted by molar-refractivity contribution is 7.89. The van der Waals surface area contributed by atoms with Gasteiger partial charge in [0.15, 0.2) is 0 Å². The van der Waals surface area contributed by atoms with Crippen LogP contribution < -0.4 is 0 Å². The molecule has 0 atom stereocenters. The van der Waals surface area contributed by atoms with Crippen LogP contribution in [-0.4, -0.2) is 43.7 Å². The lowest BCUT2D eigenvalue weighted by Gasteiger charge is -2.22. The Morgan fingerprint density at radius 2 is 1.65 bits per heavy atom. The lowest BCUT2D eigenvalue weighted by Crippen LogP contribution is -2.40. The van der Waals surface area contributed by atoms with Crippen molar-refractivity contribution in [3.63, 3.8) is 0 Å². The first-order chi connectivity index (χ1) is 9.06. The molecule has 0 aliphatic carbocycles. The van der Waals surface area contributed by atoms with Crippen LogP contribution in [0, 0.1) is 0 Å². The highest BCUT2D eigenvalue weighted by Gasteiger charge is 2.36. The van der Waals surface area contributed by atoms with Gasteiger partial charge in [-0.05, 0) is 18.2 Å². The largest absolute Gasteiger partial charge is 0.402 e. The number of hydrogen-bond acceptors (Lipinski definition) is 3. The SMILES string of the molecule is O=S(=O)(c1cc(Cl)cc(Cl)c1)N(CCO)CC(F)(F)F. The number of aliphatic hydroxyl groups excluding tert-OH is 1. The van der Waals surface area contributed by atoms with Crippen LogP contribution in [0.1, 0.15) is 0 Å². The second-order valence-electron chi connectivity index (χ2n) is 3.78. The normalized spacial score (nSPS) is 12.9. The van der Waals surface area contributed by atoms with Crippen molar-refractivity contribution in [2.45, 2.75) is 11.1 Å². The summed E-state index contributed by atoms with van der Waals surface area (Å²) >= 11 is 11.3. The first kappa shape index (κ1) is 17.5. The molecule has 0 radical (unpaired) electrons. The third kappa shape index (κ3) is 4.78. The molecule has 0 aromatic heterocycles. The average Bonchev–Trinajstić information content (AvgIpc) is 2.25. The lowest BCUT2D eigenvalue weighted by molar-refractivity contribution is -0.136. The minimum atomic E-state index is -4.73. The predicted octanol–water partition coefficient (Wildman–Crippen LogP) is 2.54. The molecular formula is C10H10Cl2F3NO3S. The van der Waals surface area contributed by atoms with Crippen molar-refractivity contribution in [3.8, 4) is 0 Å². The fourth-order valence-corrected chi connectivity index (χ4v) is 3.57. The molecule has 0 fully saturated rings. The summed E-state index contributed by atoms with van der Waals surface area (Å²) in [6.07, 6.45) is -4.73. The van der Waals surface area contributed by atoms with Crippen molar-refractivity contribution < 1.29 is 26.7 Å². The maximum Gasteiger partial charge on any atom is 0.402 e. The Morgan fingerprint density at radius 1 is 1.15 bits per heavy atom. The molecule has 0 bridgehead atoms. The van der Waals surface area contributed by atoms with E-state index in [1.54, 1.807) is 0 Å². The van der Waals surface area contributed by atoms with E-state index in [2.05, 4.69) is 0 Å². The Hall–Kier alpha value is -0.540. The minimum Gasteiger partial charge on any atom is -0.395 e. The van der Waals surface area contributed by atoms with Gasteiger partial charge in [-0.15, -0.1) is 0 Å². The van der Waals surface area contributed by atoms with Crippen LogP contribution in [0.5, 0.6) is 0 Å². The standard InChI is InChI=1S/C10H10Cl2F3NO3S/c11-7-3-8(12)5-9(4-7)20(18,19)16(1-2-17)6-10(13,14)15/h3-5,17H,1-2,6H2. The van der Waals surface area contributed by atoms with E-state index in [1.165, 1.54) is 6.07 Å². The summed E-state index contributed by atoms with van der Waals surface area (Å²) in [6.45, 7) is -3.14. The quantitative estimate of drug-likeness (QED) is 0.886. The van der Waals surface area contributed by atoms with Gasteiger partial charge in [0.1, 0.15) is 6.54 Å². The van der Waals surface area contributed by atoms with Gasteiger partial charge in [-0.1, -0.05) is 23.2 Å². The van der Waals surface area contributed by atoms with E-state index in [-0.39, 0.29) is 14.4 Å². The van der Waals surface area contributed by atoms with Crippen molar-refractivity contribution in [2.75, 3.05) is 19.7 Å². The molecule has 20 heavy (non-hydrogen) atoms. The van der Waals surface area contributed by atoms with Crippen LogP contribution in [-0.2, 0) is 10.0 Å². The Bertz CT molecular complexity index is 557. The minimum absolute atomic E-state index is 0.0213. The van der Waals surface area contributed by atoms with Gasteiger partial charge in [-0.3, -0.25) is 0 Å². The highest BCUT2D eigenvalue weighted by Crippen LogP contribution is 2.27. The first-order valence-electron chi connectivity index (χ1n) is 5.20. The van der Waals surface area contributed by atoms with E-state index >= 15 is 0 Å². The van der Waals surface area contributed by atoms with Crippen LogP contribution in [0.4, 0.5) is 13.2 Å². The van der Waals surface area contributed by atoms with Gasteiger partial charge in [0.2, 0.25) is 10.0 Å². The van der Waals surface area contributed by atoms with E-state index in [1.807, 2.05) is 0 Å². The number of nitrogens with zero attached hydrogens (tertiary/aromatic N) is 1. The number of alkyl halides is 3. The summed E-state index contributed by atoms with van der Waals surface area (Å²) in [5, 5.41) is 8.68. The Balaban J connectivity index is 3.22. The molecule has 114 valence electrons. The smallest absolute Gasteiger partial charge is 0.395 e. The number of halogens is 5. The third-order valence-corrected chi connectivity index (χ3v) is 4.44. The number of sulfonamides is 1. The number of hydrogen-bond donors (Lipinski definition) is 1. The van der Waals surface area contributed by atoms with E-state index < -0.39 is 40.8 Å². The maximum atomic E-state index is 12.4. The van der Waals surface area contributed by atoms with E-state index in [0.29, 0.717) is 0 Å². The molecular weight excluding hydrogens is 342 g/mol. The van der Waals surface area contributed by atoms with Crippen molar-refractivity contribution >= 4 is 33.2 Å². The Morgan fingerprint density at radius 3 is 2.05 bits per heavy atom. The van der Waals surface area contributed by atoms with Crippen molar-refractivity contribution in [1.29, 1.82) is 0 Å². The van der Waals surface area contributed by atoms with Gasteiger partial charge in [0, 0.05) is 16.6 Å². The van der Waals surface area contributed by atoms with E-state index in [4.69, 9.17) is 28.3 Å². The van der Waals surface area contributed by atoms with E-state index in [0.717, 1.165) is 12.1 Å². The molecule has 0 aliphatic heterocycles. The number of benzene rings is 1. The van der Waals surface area contributed by atoms with Crippen molar-refractivity contribution in [3.05, 3.63) is 28.2 Å². The number of rotatable bonds is 5. The monoisotopic (exact) mass is 351 g/mol. The van der Waals surface area contributed by atoms with Crippen LogP contribution in [0.2, 0.25) is 10.0 Å². The molecule has 4 nitrogen and oxygen atoms in total. The van der Waals surface area contributed by atoms with Gasteiger partial charge >= 0.3 is 6.18 Å². The summed E-state index contributed by atoms with van der Waals surface area (Å²) in [6, 6.07) is 3.23. The average molecular weight is 352 g/mol. The van der Waals surface area contributed by atoms with Crippen molar-refractivity contribution in [1.82, 2.24) is 4.31 Å². The third-order valence-electron chi connectivity index (χ3n) is 2.18. The zero-order chi connectivity index (χ0) is 15.6. The van der Waals surface area contributed by atoms with Gasteiger partial charge < -0.3 is 5.11 Å². The van der Waals surface area contributed by atoms with Crippen LogP contribution in [0.15, 0.2) is 23.1 Å². The zero-order valence-electron chi connectivity index (χ0n) is 9.86. The number of aliphatic hydroxyl groups is 1. The second kappa shape index (κ2) is 6.48. The molecule has 0 saturated carbocycles. The van der Waals surface area contributed by atoms with Crippen LogP contribution in [0.3, 0.4) is 0 Å². The van der Waals surface area contributed by atoms with Gasteiger partial charge in [0.05, 0.1) is 11.5 Å². The lowest BCUT2D eigenvalue weighted by atomic mass is 10.4. The second-order valence-corrected chi connectivity index (χ2v) is 6.59. The molecule has 1 rings (SSSR count). The van der Waals surface area contributed by atoms with Crippen LogP contribution in [0.25, 0.3) is 0 Å². The molecule has 0 unspecified atom stereocenters. The Labute approximate surface area is 123 Å². The van der Waals surface area contributed by atoms with Gasteiger partial charge in [-0.25, -0.2) is 8.42 Å². The fraction of sp³-hybridized carbons (Fsp3) is 0.400. The Kier molecular flexibility index (Phi) is 5.68. The molecule has 1 aromatic carbocycles. The van der Waals surface area contributed by atoms with Gasteiger partial charge in [-0.2, -0.15) is 17.5 Å². The maximum absolute atomic E-state index is 12.4. The highest BCUT2D eigenvalue weighted by atomic mass is 35.5.